The Hall–Kier alpha value is -3.04. The van der Waals surface area contributed by atoms with Gasteiger partial charge in [-0.15, -0.1) is 5.10 Å². The van der Waals surface area contributed by atoms with Crippen molar-refractivity contribution >= 4 is 26.7 Å². The molecule has 0 atom stereocenters. The first-order chi connectivity index (χ1) is 15.9. The van der Waals surface area contributed by atoms with Crippen molar-refractivity contribution in [1.82, 2.24) is 19.4 Å². The van der Waals surface area contributed by atoms with Crippen LogP contribution in [-0.4, -0.2) is 66.0 Å². The van der Waals surface area contributed by atoms with Crippen LogP contribution < -0.4 is 4.74 Å². The molecule has 1 aromatic heterocycles. The number of hydrogen-bond donors (Lipinski definition) is 0. The lowest BCUT2D eigenvalue weighted by Crippen LogP contribution is -2.41. The molecular weight excluding hydrogens is 440 g/mol. The maximum atomic E-state index is 12.9. The van der Waals surface area contributed by atoms with Crippen LogP contribution in [0.1, 0.15) is 37.0 Å². The van der Waals surface area contributed by atoms with Gasteiger partial charge in [0.2, 0.25) is 15.9 Å². The molecule has 9 heteroatoms. The highest BCUT2D eigenvalue weighted by molar-refractivity contribution is 7.89. The molecule has 4 rings (SSSR count). The monoisotopic (exact) mass is 468 g/mol. The van der Waals surface area contributed by atoms with Crippen molar-refractivity contribution in [2.24, 2.45) is 0 Å². The lowest BCUT2D eigenvalue weighted by molar-refractivity contribution is 0.0589. The Morgan fingerprint density at radius 3 is 2.39 bits per heavy atom. The van der Waals surface area contributed by atoms with E-state index < -0.39 is 10.0 Å². The number of hydrogen-bond acceptors (Lipinski definition) is 6. The minimum absolute atomic E-state index is 0.0456. The van der Waals surface area contributed by atoms with Crippen molar-refractivity contribution in [2.75, 3.05) is 26.2 Å². The van der Waals surface area contributed by atoms with Crippen LogP contribution in [-0.2, 0) is 10.0 Å². The summed E-state index contributed by atoms with van der Waals surface area (Å²) < 4.78 is 32.8. The molecule has 0 saturated carbocycles. The maximum Gasteiger partial charge on any atom is 0.253 e. The molecule has 1 saturated heterocycles. The molecule has 1 fully saturated rings. The van der Waals surface area contributed by atoms with Gasteiger partial charge >= 0.3 is 0 Å². The van der Waals surface area contributed by atoms with Gasteiger partial charge in [0.05, 0.1) is 11.1 Å². The minimum atomic E-state index is -3.54. The number of piperidine rings is 1. The van der Waals surface area contributed by atoms with E-state index in [0.29, 0.717) is 50.5 Å². The summed E-state index contributed by atoms with van der Waals surface area (Å²) in [5.41, 5.74) is 0.479. The zero-order valence-corrected chi connectivity index (χ0v) is 19.7. The van der Waals surface area contributed by atoms with E-state index in [1.54, 1.807) is 37.1 Å². The molecule has 1 amide bonds. The number of nitrogens with zero attached hydrogens (tertiary/aromatic N) is 4. The van der Waals surface area contributed by atoms with E-state index in [1.165, 1.54) is 16.4 Å². The molecule has 0 bridgehead atoms. The number of carbonyl (C=O) groups is 1. The summed E-state index contributed by atoms with van der Waals surface area (Å²) in [6, 6.07) is 14.0. The van der Waals surface area contributed by atoms with Crippen LogP contribution in [0.15, 0.2) is 59.6 Å². The first-order valence-electron chi connectivity index (χ1n) is 11.2. The first-order valence-corrected chi connectivity index (χ1v) is 12.6. The van der Waals surface area contributed by atoms with Crippen molar-refractivity contribution in [2.45, 2.75) is 37.7 Å². The highest BCUT2D eigenvalue weighted by atomic mass is 32.2. The highest BCUT2D eigenvalue weighted by Gasteiger charge is 2.26. The predicted octanol–water partition coefficient (Wildman–Crippen LogP) is 3.34. The number of carbonyl (C=O) groups excluding carboxylic acids is 1. The average molecular weight is 469 g/mol. The molecule has 3 aromatic rings. The van der Waals surface area contributed by atoms with Crippen molar-refractivity contribution in [3.8, 4) is 5.88 Å². The van der Waals surface area contributed by atoms with E-state index in [0.717, 1.165) is 10.8 Å². The van der Waals surface area contributed by atoms with Gasteiger partial charge in [0.15, 0.2) is 0 Å². The van der Waals surface area contributed by atoms with Crippen LogP contribution in [0.4, 0.5) is 0 Å². The third kappa shape index (κ3) is 4.84. The van der Waals surface area contributed by atoms with Crippen LogP contribution in [0.25, 0.3) is 10.8 Å². The quantitative estimate of drug-likeness (QED) is 0.528. The molecular formula is C24H28N4O4S. The molecule has 2 heterocycles. The molecule has 0 N–H and O–H groups in total. The standard InChI is InChI=1S/C24H28N4O4S/c1-3-28(4-2)33(30,31)21-11-9-18(10-12-21)24(29)27-15-13-20(14-16-27)32-23-22-8-6-5-7-19(22)17-25-26-23/h5-12,17,20H,3-4,13-16H2,1-2H3. The number of amides is 1. The second-order valence-corrected chi connectivity index (χ2v) is 9.90. The number of sulfonamides is 1. The topological polar surface area (TPSA) is 92.7 Å². The fourth-order valence-corrected chi connectivity index (χ4v) is 5.55. The SMILES string of the molecule is CCN(CC)S(=O)(=O)c1ccc(C(=O)N2CCC(Oc3nncc4ccccc34)CC2)cc1. The van der Waals surface area contributed by atoms with Crippen molar-refractivity contribution < 1.29 is 17.9 Å². The van der Waals surface area contributed by atoms with E-state index in [1.807, 2.05) is 24.3 Å². The molecule has 0 spiro atoms. The molecule has 0 radical (unpaired) electrons. The third-order valence-corrected chi connectivity index (χ3v) is 8.05. The second-order valence-electron chi connectivity index (χ2n) is 7.96. The van der Waals surface area contributed by atoms with Crippen LogP contribution in [0, 0.1) is 0 Å². The zero-order chi connectivity index (χ0) is 23.4. The van der Waals surface area contributed by atoms with E-state index in [4.69, 9.17) is 4.74 Å². The Balaban J connectivity index is 1.38. The van der Waals surface area contributed by atoms with Crippen LogP contribution >= 0.6 is 0 Å². The van der Waals surface area contributed by atoms with Crippen LogP contribution in [0.5, 0.6) is 5.88 Å². The Kier molecular flexibility index (Phi) is 6.90. The summed E-state index contributed by atoms with van der Waals surface area (Å²) in [6.07, 6.45) is 3.04. The molecule has 1 aliphatic rings. The Morgan fingerprint density at radius 1 is 1.06 bits per heavy atom. The van der Waals surface area contributed by atoms with E-state index in [2.05, 4.69) is 10.2 Å². The number of likely N-dealkylation sites (tertiary alicyclic amines) is 1. The molecule has 2 aromatic carbocycles. The van der Waals surface area contributed by atoms with Gasteiger partial charge in [0.25, 0.3) is 5.91 Å². The number of fused-ring (bicyclic) bond motifs is 1. The van der Waals surface area contributed by atoms with Gasteiger partial charge in [-0.05, 0) is 30.3 Å². The van der Waals surface area contributed by atoms with E-state index in [-0.39, 0.29) is 16.9 Å². The van der Waals surface area contributed by atoms with Gasteiger partial charge in [-0.3, -0.25) is 4.79 Å². The lowest BCUT2D eigenvalue weighted by Gasteiger charge is -2.32. The predicted molar refractivity (Wildman–Crippen MR) is 126 cm³/mol. The van der Waals surface area contributed by atoms with Crippen LogP contribution in [0.2, 0.25) is 0 Å². The van der Waals surface area contributed by atoms with Crippen molar-refractivity contribution in [3.63, 3.8) is 0 Å². The van der Waals surface area contributed by atoms with E-state index >= 15 is 0 Å². The smallest absolute Gasteiger partial charge is 0.253 e. The average Bonchev–Trinajstić information content (AvgIpc) is 2.85. The van der Waals surface area contributed by atoms with Crippen molar-refractivity contribution in [1.29, 1.82) is 0 Å². The number of aromatic nitrogens is 2. The van der Waals surface area contributed by atoms with Gasteiger partial charge in [-0.2, -0.15) is 9.40 Å². The fourth-order valence-electron chi connectivity index (χ4n) is 4.09. The fraction of sp³-hybridized carbons (Fsp3) is 0.375. The summed E-state index contributed by atoms with van der Waals surface area (Å²) in [7, 11) is -3.54. The molecule has 1 aliphatic heterocycles. The number of rotatable bonds is 7. The summed E-state index contributed by atoms with van der Waals surface area (Å²) >= 11 is 0. The van der Waals surface area contributed by atoms with Gasteiger partial charge in [0, 0.05) is 55.4 Å². The first kappa shape index (κ1) is 23.1. The van der Waals surface area contributed by atoms with E-state index in [9.17, 15) is 13.2 Å². The lowest BCUT2D eigenvalue weighted by atomic mass is 10.1. The Labute approximate surface area is 194 Å². The van der Waals surface area contributed by atoms with Crippen LogP contribution in [0.3, 0.4) is 0 Å². The summed E-state index contributed by atoms with van der Waals surface area (Å²) in [5.74, 6) is 0.410. The second kappa shape index (κ2) is 9.84. The third-order valence-electron chi connectivity index (χ3n) is 5.99. The molecule has 33 heavy (non-hydrogen) atoms. The van der Waals surface area contributed by atoms with Gasteiger partial charge in [0.1, 0.15) is 6.10 Å². The molecule has 174 valence electrons. The maximum absolute atomic E-state index is 12.9. The highest BCUT2D eigenvalue weighted by Crippen LogP contribution is 2.25. The normalized spacial score (nSPS) is 15.2. The zero-order valence-electron chi connectivity index (χ0n) is 18.8. The largest absolute Gasteiger partial charge is 0.473 e. The summed E-state index contributed by atoms with van der Waals surface area (Å²) in [5, 5.41) is 10.1. The Bertz CT molecular complexity index is 1210. The van der Waals surface area contributed by atoms with Crippen molar-refractivity contribution in [3.05, 3.63) is 60.3 Å². The Morgan fingerprint density at radius 2 is 1.73 bits per heavy atom. The number of ether oxygens (including phenoxy) is 1. The van der Waals surface area contributed by atoms with Gasteiger partial charge in [-0.1, -0.05) is 32.0 Å². The van der Waals surface area contributed by atoms with Gasteiger partial charge in [-0.25, -0.2) is 8.42 Å². The minimum Gasteiger partial charge on any atom is -0.473 e. The summed E-state index contributed by atoms with van der Waals surface area (Å²) in [4.78, 5) is 14.9. The van der Waals surface area contributed by atoms with Gasteiger partial charge < -0.3 is 9.64 Å². The molecule has 8 nitrogen and oxygen atoms in total. The molecule has 0 aliphatic carbocycles. The summed E-state index contributed by atoms with van der Waals surface area (Å²) in [6.45, 7) is 5.53. The molecule has 0 unspecified atom stereocenters. The number of benzene rings is 2.